The molecule has 1 aromatic carbocycles. The Morgan fingerprint density at radius 1 is 1.29 bits per heavy atom. The fraction of sp³-hybridized carbons (Fsp3) is 0.500. The number of carbonyl (C=O) groups excluding carboxylic acids is 1. The number of hydrogen-bond acceptors (Lipinski definition) is 5. The molecule has 0 amide bonds. The average molecular weight is 287 g/mol. The minimum atomic E-state index is -0.823. The topological polar surface area (TPSA) is 68.6 Å². The van der Waals surface area contributed by atoms with Crippen LogP contribution in [0.4, 0.5) is 0 Å². The summed E-state index contributed by atoms with van der Waals surface area (Å²) in [6.07, 6.45) is 1.15. The quantitative estimate of drug-likeness (QED) is 0.852. The van der Waals surface area contributed by atoms with Crippen LogP contribution in [0.2, 0.25) is 0 Å². The summed E-state index contributed by atoms with van der Waals surface area (Å²) in [6, 6.07) is 7.31. The molecule has 0 aromatic heterocycles. The minimum Gasteiger partial charge on any atom is -0.486 e. The van der Waals surface area contributed by atoms with Crippen molar-refractivity contribution in [3.8, 4) is 17.6 Å². The lowest BCUT2D eigenvalue weighted by Crippen LogP contribution is -2.26. The van der Waals surface area contributed by atoms with Crippen molar-refractivity contribution in [1.82, 2.24) is 0 Å². The molecule has 0 bridgehead atoms. The van der Waals surface area contributed by atoms with Crippen LogP contribution in [0.15, 0.2) is 18.2 Å². The summed E-state index contributed by atoms with van der Waals surface area (Å²) < 4.78 is 16.5. The van der Waals surface area contributed by atoms with Gasteiger partial charge in [-0.2, -0.15) is 5.26 Å². The molecule has 3 rings (SSSR count). The number of nitrogens with zero attached hydrogens (tertiary/aromatic N) is 1. The SMILES string of the molecule is CC1CCC(C(=O)C(C#N)c2ccc3c(c2)OCCO3)O1. The third kappa shape index (κ3) is 2.72. The van der Waals surface area contributed by atoms with Crippen LogP contribution in [0.5, 0.6) is 11.5 Å². The van der Waals surface area contributed by atoms with Crippen LogP contribution in [0, 0.1) is 11.3 Å². The third-order valence-electron chi connectivity index (χ3n) is 3.86. The first-order valence-corrected chi connectivity index (χ1v) is 7.17. The first kappa shape index (κ1) is 13.9. The highest BCUT2D eigenvalue weighted by atomic mass is 16.6. The Balaban J connectivity index is 1.83. The van der Waals surface area contributed by atoms with E-state index in [-0.39, 0.29) is 11.9 Å². The lowest BCUT2D eigenvalue weighted by atomic mass is 9.91. The minimum absolute atomic E-state index is 0.0820. The monoisotopic (exact) mass is 287 g/mol. The molecule has 21 heavy (non-hydrogen) atoms. The van der Waals surface area contributed by atoms with Crippen molar-refractivity contribution in [2.75, 3.05) is 13.2 Å². The van der Waals surface area contributed by atoms with Crippen LogP contribution in [0.3, 0.4) is 0 Å². The molecule has 1 fully saturated rings. The Kier molecular flexibility index (Phi) is 3.80. The summed E-state index contributed by atoms with van der Waals surface area (Å²) in [4.78, 5) is 12.5. The number of ether oxygens (including phenoxy) is 3. The first-order valence-electron chi connectivity index (χ1n) is 7.17. The number of nitriles is 1. The van der Waals surface area contributed by atoms with Crippen molar-refractivity contribution in [3.05, 3.63) is 23.8 Å². The van der Waals surface area contributed by atoms with Gasteiger partial charge in [0.1, 0.15) is 25.2 Å². The van der Waals surface area contributed by atoms with Gasteiger partial charge < -0.3 is 14.2 Å². The summed E-state index contributed by atoms with van der Waals surface area (Å²) in [7, 11) is 0. The fourth-order valence-electron chi connectivity index (χ4n) is 2.74. The van der Waals surface area contributed by atoms with Crippen LogP contribution in [0.25, 0.3) is 0 Å². The summed E-state index contributed by atoms with van der Waals surface area (Å²) >= 11 is 0. The summed E-state index contributed by atoms with van der Waals surface area (Å²) in [5, 5.41) is 9.38. The van der Waals surface area contributed by atoms with Gasteiger partial charge >= 0.3 is 0 Å². The van der Waals surface area contributed by atoms with E-state index < -0.39 is 12.0 Å². The molecular formula is C16H17NO4. The molecule has 1 aromatic rings. The van der Waals surface area contributed by atoms with E-state index in [1.54, 1.807) is 18.2 Å². The van der Waals surface area contributed by atoms with Gasteiger partial charge in [0, 0.05) is 0 Å². The Morgan fingerprint density at radius 3 is 2.71 bits per heavy atom. The molecule has 2 heterocycles. The van der Waals surface area contributed by atoms with Crippen LogP contribution in [-0.2, 0) is 9.53 Å². The van der Waals surface area contributed by atoms with Crippen molar-refractivity contribution in [1.29, 1.82) is 5.26 Å². The molecule has 0 aliphatic carbocycles. The number of hydrogen-bond donors (Lipinski definition) is 0. The van der Waals surface area contributed by atoms with Crippen molar-refractivity contribution in [2.45, 2.75) is 37.9 Å². The zero-order valence-corrected chi connectivity index (χ0v) is 11.9. The Morgan fingerprint density at radius 2 is 2.05 bits per heavy atom. The summed E-state index contributed by atoms with van der Waals surface area (Å²) in [5.74, 6) is 0.252. The smallest absolute Gasteiger partial charge is 0.183 e. The van der Waals surface area contributed by atoms with Crippen LogP contribution < -0.4 is 9.47 Å². The van der Waals surface area contributed by atoms with Crippen molar-refractivity contribution < 1.29 is 19.0 Å². The number of ketones is 1. The normalized spacial score (nSPS) is 25.1. The molecular weight excluding hydrogens is 270 g/mol. The van der Waals surface area contributed by atoms with Gasteiger partial charge in [0.15, 0.2) is 17.3 Å². The molecule has 3 atom stereocenters. The molecule has 110 valence electrons. The largest absolute Gasteiger partial charge is 0.486 e. The number of rotatable bonds is 3. The Bertz CT molecular complexity index is 592. The van der Waals surface area contributed by atoms with Gasteiger partial charge in [-0.05, 0) is 37.5 Å². The van der Waals surface area contributed by atoms with Gasteiger partial charge in [0.2, 0.25) is 0 Å². The second-order valence-electron chi connectivity index (χ2n) is 5.38. The number of carbonyl (C=O) groups is 1. The Hall–Kier alpha value is -2.06. The summed E-state index contributed by atoms with van der Waals surface area (Å²) in [5.41, 5.74) is 0.634. The van der Waals surface area contributed by atoms with E-state index in [0.717, 1.165) is 6.42 Å². The molecule has 2 aliphatic heterocycles. The molecule has 0 saturated carbocycles. The van der Waals surface area contributed by atoms with Crippen molar-refractivity contribution in [3.63, 3.8) is 0 Å². The van der Waals surface area contributed by atoms with Gasteiger partial charge in [-0.3, -0.25) is 4.79 Å². The molecule has 0 spiro atoms. The fourth-order valence-corrected chi connectivity index (χ4v) is 2.74. The van der Waals surface area contributed by atoms with E-state index in [9.17, 15) is 10.1 Å². The van der Waals surface area contributed by atoms with E-state index in [1.807, 2.05) is 6.92 Å². The van der Waals surface area contributed by atoms with E-state index in [0.29, 0.717) is 36.7 Å². The molecule has 3 unspecified atom stereocenters. The highest BCUT2D eigenvalue weighted by Crippen LogP contribution is 2.34. The van der Waals surface area contributed by atoms with Crippen LogP contribution in [0.1, 0.15) is 31.2 Å². The average Bonchev–Trinajstić information content (AvgIpc) is 2.94. The molecule has 5 nitrogen and oxygen atoms in total. The zero-order valence-electron chi connectivity index (χ0n) is 11.9. The highest BCUT2D eigenvalue weighted by Gasteiger charge is 2.34. The maximum atomic E-state index is 12.5. The zero-order chi connectivity index (χ0) is 14.8. The van der Waals surface area contributed by atoms with E-state index >= 15 is 0 Å². The molecule has 5 heteroatoms. The molecule has 0 radical (unpaired) electrons. The second-order valence-corrected chi connectivity index (χ2v) is 5.38. The van der Waals surface area contributed by atoms with Crippen molar-refractivity contribution in [2.24, 2.45) is 0 Å². The van der Waals surface area contributed by atoms with Crippen LogP contribution >= 0.6 is 0 Å². The molecule has 0 N–H and O–H groups in total. The van der Waals surface area contributed by atoms with E-state index in [2.05, 4.69) is 6.07 Å². The van der Waals surface area contributed by atoms with Gasteiger partial charge in [-0.1, -0.05) is 6.07 Å². The van der Waals surface area contributed by atoms with E-state index in [1.165, 1.54) is 0 Å². The highest BCUT2D eigenvalue weighted by molar-refractivity contribution is 5.92. The molecule has 2 aliphatic rings. The van der Waals surface area contributed by atoms with Gasteiger partial charge in [-0.25, -0.2) is 0 Å². The molecule has 1 saturated heterocycles. The summed E-state index contributed by atoms with van der Waals surface area (Å²) in [6.45, 7) is 2.93. The maximum Gasteiger partial charge on any atom is 0.183 e. The Labute approximate surface area is 123 Å². The lowest BCUT2D eigenvalue weighted by molar-refractivity contribution is -0.129. The number of Topliss-reactive ketones (excluding diaryl/α,β-unsaturated/α-hetero) is 1. The first-order chi connectivity index (χ1) is 10.2. The third-order valence-corrected chi connectivity index (χ3v) is 3.86. The number of fused-ring (bicyclic) bond motifs is 1. The van der Waals surface area contributed by atoms with E-state index in [4.69, 9.17) is 14.2 Å². The predicted molar refractivity (Wildman–Crippen MR) is 74.4 cm³/mol. The van der Waals surface area contributed by atoms with Gasteiger partial charge in [0.05, 0.1) is 12.2 Å². The second kappa shape index (κ2) is 5.74. The van der Waals surface area contributed by atoms with Crippen LogP contribution in [-0.4, -0.2) is 31.2 Å². The lowest BCUT2D eigenvalue weighted by Gasteiger charge is -2.20. The van der Waals surface area contributed by atoms with Crippen molar-refractivity contribution >= 4 is 5.78 Å². The predicted octanol–water partition coefficient (Wildman–Crippen LogP) is 2.20. The standard InChI is InChI=1S/C16H17NO4/c1-10-2-4-14(21-10)16(18)12(9-17)11-3-5-13-15(8-11)20-7-6-19-13/h3,5,8,10,12,14H,2,4,6-7H2,1H3. The van der Waals surface area contributed by atoms with Gasteiger partial charge in [0.25, 0.3) is 0 Å². The number of benzene rings is 1. The maximum absolute atomic E-state index is 12.5. The van der Waals surface area contributed by atoms with Gasteiger partial charge in [-0.15, -0.1) is 0 Å².